The topological polar surface area (TPSA) is 50.7 Å². The molecule has 18 heavy (non-hydrogen) atoms. The second-order valence-corrected chi connectivity index (χ2v) is 5.10. The van der Waals surface area contributed by atoms with Crippen molar-refractivity contribution < 1.29 is 14.6 Å². The van der Waals surface area contributed by atoms with Crippen LogP contribution in [0.1, 0.15) is 19.4 Å². The Morgan fingerprint density at radius 2 is 1.94 bits per heavy atom. The Kier molecular flexibility index (Phi) is 5.44. The number of aliphatic hydroxyl groups is 1. The SMILES string of the molecule is COc1ccc(OC)c(CNCC(C)(C)CO)c1. The monoisotopic (exact) mass is 253 g/mol. The van der Waals surface area contributed by atoms with Crippen molar-refractivity contribution in [2.75, 3.05) is 27.4 Å². The molecule has 2 N–H and O–H groups in total. The van der Waals surface area contributed by atoms with Crippen molar-refractivity contribution >= 4 is 0 Å². The van der Waals surface area contributed by atoms with Crippen molar-refractivity contribution in [3.8, 4) is 11.5 Å². The van der Waals surface area contributed by atoms with Crippen LogP contribution in [0.5, 0.6) is 11.5 Å². The molecule has 102 valence electrons. The first-order chi connectivity index (χ1) is 8.52. The van der Waals surface area contributed by atoms with Gasteiger partial charge in [-0.15, -0.1) is 0 Å². The van der Waals surface area contributed by atoms with Crippen molar-refractivity contribution in [1.29, 1.82) is 0 Å². The predicted molar refractivity (Wildman–Crippen MR) is 72.1 cm³/mol. The van der Waals surface area contributed by atoms with Gasteiger partial charge in [0.1, 0.15) is 11.5 Å². The Balaban J connectivity index is 2.65. The average molecular weight is 253 g/mol. The molecule has 0 aliphatic carbocycles. The predicted octanol–water partition coefficient (Wildman–Crippen LogP) is 1.81. The zero-order valence-electron chi connectivity index (χ0n) is 11.6. The van der Waals surface area contributed by atoms with E-state index in [0.717, 1.165) is 23.6 Å². The number of ether oxygens (including phenoxy) is 2. The molecular weight excluding hydrogens is 230 g/mol. The Bertz CT molecular complexity index is 377. The molecule has 0 aliphatic heterocycles. The molecule has 4 heteroatoms. The van der Waals surface area contributed by atoms with Gasteiger partial charge in [0.2, 0.25) is 0 Å². The smallest absolute Gasteiger partial charge is 0.123 e. The van der Waals surface area contributed by atoms with Crippen LogP contribution in [-0.4, -0.2) is 32.5 Å². The van der Waals surface area contributed by atoms with Gasteiger partial charge < -0.3 is 19.9 Å². The second kappa shape index (κ2) is 6.61. The van der Waals surface area contributed by atoms with E-state index in [9.17, 15) is 5.11 Å². The molecule has 0 atom stereocenters. The van der Waals surface area contributed by atoms with Crippen molar-refractivity contribution in [1.82, 2.24) is 5.32 Å². The van der Waals surface area contributed by atoms with Gasteiger partial charge in [0, 0.05) is 30.7 Å². The van der Waals surface area contributed by atoms with Gasteiger partial charge in [-0.2, -0.15) is 0 Å². The molecule has 0 saturated heterocycles. The van der Waals surface area contributed by atoms with Crippen LogP contribution in [0.4, 0.5) is 0 Å². The number of aliphatic hydroxyl groups excluding tert-OH is 1. The molecule has 0 heterocycles. The van der Waals surface area contributed by atoms with E-state index in [0.29, 0.717) is 6.54 Å². The number of methoxy groups -OCH3 is 2. The molecule has 0 amide bonds. The number of hydrogen-bond donors (Lipinski definition) is 2. The summed E-state index contributed by atoms with van der Waals surface area (Å²) >= 11 is 0. The minimum atomic E-state index is -0.119. The fraction of sp³-hybridized carbons (Fsp3) is 0.571. The fourth-order valence-corrected chi connectivity index (χ4v) is 1.61. The quantitative estimate of drug-likeness (QED) is 0.778. The summed E-state index contributed by atoms with van der Waals surface area (Å²) in [6.07, 6.45) is 0. The van der Waals surface area contributed by atoms with E-state index in [1.807, 2.05) is 32.0 Å². The molecule has 0 fully saturated rings. The molecule has 0 spiro atoms. The third kappa shape index (κ3) is 4.20. The Hall–Kier alpha value is -1.26. The summed E-state index contributed by atoms with van der Waals surface area (Å²) in [5, 5.41) is 12.5. The van der Waals surface area contributed by atoms with Gasteiger partial charge >= 0.3 is 0 Å². The molecular formula is C14H23NO3. The zero-order chi connectivity index (χ0) is 13.6. The Morgan fingerprint density at radius 3 is 2.50 bits per heavy atom. The van der Waals surface area contributed by atoms with Gasteiger partial charge in [-0.05, 0) is 18.2 Å². The molecule has 1 aromatic carbocycles. The first-order valence-electron chi connectivity index (χ1n) is 6.05. The highest BCUT2D eigenvalue weighted by atomic mass is 16.5. The Morgan fingerprint density at radius 1 is 1.22 bits per heavy atom. The van der Waals surface area contributed by atoms with E-state index in [1.165, 1.54) is 0 Å². The second-order valence-electron chi connectivity index (χ2n) is 5.10. The molecule has 0 saturated carbocycles. The number of rotatable bonds is 7. The van der Waals surface area contributed by atoms with Gasteiger partial charge in [-0.3, -0.25) is 0 Å². The maximum atomic E-state index is 9.19. The van der Waals surface area contributed by atoms with Crippen molar-refractivity contribution in [3.05, 3.63) is 23.8 Å². The largest absolute Gasteiger partial charge is 0.497 e. The normalized spacial score (nSPS) is 11.4. The maximum Gasteiger partial charge on any atom is 0.123 e. The Labute approximate surface area is 109 Å². The first kappa shape index (κ1) is 14.8. The van der Waals surface area contributed by atoms with Gasteiger partial charge in [-0.25, -0.2) is 0 Å². The van der Waals surface area contributed by atoms with Crippen LogP contribution in [0, 0.1) is 5.41 Å². The summed E-state index contributed by atoms with van der Waals surface area (Å²) in [6.45, 7) is 5.62. The van der Waals surface area contributed by atoms with Crippen LogP contribution in [0.15, 0.2) is 18.2 Å². The summed E-state index contributed by atoms with van der Waals surface area (Å²) in [5.41, 5.74) is 0.928. The fourth-order valence-electron chi connectivity index (χ4n) is 1.61. The van der Waals surface area contributed by atoms with Gasteiger partial charge in [0.05, 0.1) is 14.2 Å². The molecule has 0 unspecified atom stereocenters. The minimum Gasteiger partial charge on any atom is -0.497 e. The van der Waals surface area contributed by atoms with Gasteiger partial charge in [-0.1, -0.05) is 13.8 Å². The summed E-state index contributed by atoms with van der Waals surface area (Å²) in [5.74, 6) is 1.65. The summed E-state index contributed by atoms with van der Waals surface area (Å²) in [4.78, 5) is 0. The van der Waals surface area contributed by atoms with Gasteiger partial charge in [0.25, 0.3) is 0 Å². The van der Waals surface area contributed by atoms with Crippen LogP contribution < -0.4 is 14.8 Å². The number of nitrogens with one attached hydrogen (secondary N) is 1. The van der Waals surface area contributed by atoms with Crippen LogP contribution in [0.3, 0.4) is 0 Å². The van der Waals surface area contributed by atoms with Crippen LogP contribution in [0.25, 0.3) is 0 Å². The highest BCUT2D eigenvalue weighted by Crippen LogP contribution is 2.24. The summed E-state index contributed by atoms with van der Waals surface area (Å²) in [6, 6.07) is 5.73. The highest BCUT2D eigenvalue weighted by molar-refractivity contribution is 5.40. The van der Waals surface area contributed by atoms with Crippen molar-refractivity contribution in [2.24, 2.45) is 5.41 Å². The molecule has 1 rings (SSSR count). The lowest BCUT2D eigenvalue weighted by Gasteiger charge is -2.22. The molecule has 4 nitrogen and oxygen atoms in total. The molecule has 1 aromatic rings. The number of hydrogen-bond acceptors (Lipinski definition) is 4. The highest BCUT2D eigenvalue weighted by Gasteiger charge is 2.16. The minimum absolute atomic E-state index is 0.119. The summed E-state index contributed by atoms with van der Waals surface area (Å²) in [7, 11) is 3.30. The van der Waals surface area contributed by atoms with E-state index in [-0.39, 0.29) is 12.0 Å². The standard InChI is InChI=1S/C14H23NO3/c1-14(2,10-16)9-15-8-11-7-12(17-3)5-6-13(11)18-4/h5-7,15-16H,8-10H2,1-4H3. The maximum absolute atomic E-state index is 9.19. The lowest BCUT2D eigenvalue weighted by molar-refractivity contribution is 0.156. The van der Waals surface area contributed by atoms with E-state index >= 15 is 0 Å². The first-order valence-corrected chi connectivity index (χ1v) is 6.05. The zero-order valence-corrected chi connectivity index (χ0v) is 11.6. The third-order valence-electron chi connectivity index (χ3n) is 2.83. The van der Waals surface area contributed by atoms with E-state index in [1.54, 1.807) is 14.2 Å². The van der Waals surface area contributed by atoms with E-state index in [2.05, 4.69) is 5.32 Å². The van der Waals surface area contributed by atoms with Crippen LogP contribution in [-0.2, 0) is 6.54 Å². The molecule has 0 aliphatic rings. The van der Waals surface area contributed by atoms with Crippen molar-refractivity contribution in [2.45, 2.75) is 20.4 Å². The third-order valence-corrected chi connectivity index (χ3v) is 2.83. The summed E-state index contributed by atoms with van der Waals surface area (Å²) < 4.78 is 10.5. The van der Waals surface area contributed by atoms with Crippen LogP contribution >= 0.6 is 0 Å². The lowest BCUT2D eigenvalue weighted by atomic mass is 9.95. The number of benzene rings is 1. The van der Waals surface area contributed by atoms with E-state index < -0.39 is 0 Å². The molecule has 0 aromatic heterocycles. The molecule has 0 radical (unpaired) electrons. The van der Waals surface area contributed by atoms with Crippen molar-refractivity contribution in [3.63, 3.8) is 0 Å². The van der Waals surface area contributed by atoms with Gasteiger partial charge in [0.15, 0.2) is 0 Å². The average Bonchev–Trinajstić information content (AvgIpc) is 2.38. The van der Waals surface area contributed by atoms with Crippen LogP contribution in [0.2, 0.25) is 0 Å². The molecule has 0 bridgehead atoms. The lowest BCUT2D eigenvalue weighted by Crippen LogP contribution is -2.31. The van der Waals surface area contributed by atoms with E-state index in [4.69, 9.17) is 9.47 Å².